The van der Waals surface area contributed by atoms with Gasteiger partial charge in [-0.05, 0) is 30.9 Å². The average molecular weight is 228 g/mol. The summed E-state index contributed by atoms with van der Waals surface area (Å²) in [6.45, 7) is 4.00. The van der Waals surface area contributed by atoms with Crippen molar-refractivity contribution in [1.29, 1.82) is 0 Å². The number of hydrogen-bond acceptors (Lipinski definition) is 2. The smallest absolute Gasteiger partial charge is 0.338 e. The van der Waals surface area contributed by atoms with E-state index in [0.29, 0.717) is 0 Å². The second-order valence-electron chi connectivity index (χ2n) is 3.09. The lowest BCUT2D eigenvalue weighted by atomic mass is 10.1. The summed E-state index contributed by atoms with van der Waals surface area (Å²) in [5, 5.41) is 8.88. The molecule has 0 aromatic carbocycles. The highest BCUT2D eigenvalue weighted by Crippen LogP contribution is 2.24. The summed E-state index contributed by atoms with van der Waals surface area (Å²) < 4.78 is 0. The number of nitrogens with zero attached hydrogens (tertiary/aromatic N) is 1. The fraction of sp³-hybridized carbons (Fsp3) is 0.455. The first kappa shape index (κ1) is 12.0. The van der Waals surface area contributed by atoms with Gasteiger partial charge in [0.1, 0.15) is 5.15 Å². The molecular formula is C11H14ClNO2. The van der Waals surface area contributed by atoms with Gasteiger partial charge in [-0.3, -0.25) is 0 Å². The van der Waals surface area contributed by atoms with Crippen LogP contribution in [0.4, 0.5) is 0 Å². The molecule has 3 nitrogen and oxygen atoms in total. The van der Waals surface area contributed by atoms with E-state index in [4.69, 9.17) is 16.7 Å². The molecule has 0 amide bonds. The summed E-state index contributed by atoms with van der Waals surface area (Å²) in [5.41, 5.74) is 2.10. The van der Waals surface area contributed by atoms with Crippen molar-refractivity contribution in [3.63, 3.8) is 0 Å². The maximum Gasteiger partial charge on any atom is 0.338 e. The quantitative estimate of drug-likeness (QED) is 0.751. The second kappa shape index (κ2) is 5.12. The van der Waals surface area contributed by atoms with E-state index in [9.17, 15) is 4.79 Å². The number of pyridine rings is 1. The molecular weight excluding hydrogens is 214 g/mol. The molecule has 1 aliphatic carbocycles. The van der Waals surface area contributed by atoms with Gasteiger partial charge in [0.05, 0.1) is 5.56 Å². The minimum Gasteiger partial charge on any atom is -0.478 e. The number of carboxylic acids is 1. The Balaban J connectivity index is 0.000000531. The summed E-state index contributed by atoms with van der Waals surface area (Å²) >= 11 is 5.71. The number of fused-ring (bicyclic) bond motifs is 1. The van der Waals surface area contributed by atoms with Crippen molar-refractivity contribution < 1.29 is 9.90 Å². The van der Waals surface area contributed by atoms with E-state index in [1.807, 2.05) is 13.8 Å². The Kier molecular flexibility index (Phi) is 4.09. The number of carboxylic acid groups (broad SMARTS) is 1. The van der Waals surface area contributed by atoms with Gasteiger partial charge < -0.3 is 5.11 Å². The summed E-state index contributed by atoms with van der Waals surface area (Å²) in [5.74, 6) is -1.01. The fourth-order valence-electron chi connectivity index (χ4n) is 1.60. The fourth-order valence-corrected chi connectivity index (χ4v) is 1.83. The van der Waals surface area contributed by atoms with E-state index < -0.39 is 5.97 Å². The summed E-state index contributed by atoms with van der Waals surface area (Å²) in [4.78, 5) is 14.8. The van der Waals surface area contributed by atoms with Crippen LogP contribution in [0.5, 0.6) is 0 Å². The van der Waals surface area contributed by atoms with Gasteiger partial charge >= 0.3 is 5.97 Å². The molecule has 0 saturated carbocycles. The Morgan fingerprint density at radius 3 is 2.73 bits per heavy atom. The summed E-state index contributed by atoms with van der Waals surface area (Å²) in [6.07, 6.45) is 2.87. The van der Waals surface area contributed by atoms with E-state index in [0.717, 1.165) is 30.5 Å². The maximum absolute atomic E-state index is 10.7. The minimum atomic E-state index is -1.01. The van der Waals surface area contributed by atoms with E-state index in [2.05, 4.69) is 4.98 Å². The Hall–Kier alpha value is -1.09. The molecule has 1 heterocycles. The van der Waals surface area contributed by atoms with E-state index in [-0.39, 0.29) is 10.7 Å². The van der Waals surface area contributed by atoms with Gasteiger partial charge in [0.15, 0.2) is 0 Å². The van der Waals surface area contributed by atoms with Gasteiger partial charge in [-0.15, -0.1) is 0 Å². The molecule has 1 aromatic heterocycles. The van der Waals surface area contributed by atoms with Crippen molar-refractivity contribution in [2.24, 2.45) is 0 Å². The molecule has 1 aromatic rings. The molecule has 1 aliphatic rings. The Labute approximate surface area is 94.1 Å². The maximum atomic E-state index is 10.7. The minimum absolute atomic E-state index is 0.105. The third-order valence-corrected chi connectivity index (χ3v) is 2.52. The zero-order valence-corrected chi connectivity index (χ0v) is 9.64. The first-order valence-electron chi connectivity index (χ1n) is 5.10. The van der Waals surface area contributed by atoms with Crippen molar-refractivity contribution in [3.8, 4) is 0 Å². The van der Waals surface area contributed by atoms with Crippen molar-refractivity contribution in [2.75, 3.05) is 0 Å². The zero-order valence-electron chi connectivity index (χ0n) is 8.88. The van der Waals surface area contributed by atoms with Crippen molar-refractivity contribution in [2.45, 2.75) is 33.1 Å². The molecule has 0 spiro atoms. The van der Waals surface area contributed by atoms with E-state index in [1.54, 1.807) is 6.07 Å². The lowest BCUT2D eigenvalue weighted by molar-refractivity contribution is 0.0696. The molecule has 4 heteroatoms. The Bertz CT molecular complexity index is 377. The highest BCUT2D eigenvalue weighted by molar-refractivity contribution is 6.32. The predicted octanol–water partition coefficient (Wildman–Crippen LogP) is 2.95. The summed E-state index contributed by atoms with van der Waals surface area (Å²) in [6, 6.07) is 1.64. The largest absolute Gasteiger partial charge is 0.478 e. The van der Waals surface area contributed by atoms with Gasteiger partial charge in [-0.1, -0.05) is 25.4 Å². The third kappa shape index (κ3) is 2.48. The molecule has 0 atom stereocenters. The second-order valence-corrected chi connectivity index (χ2v) is 3.45. The predicted molar refractivity (Wildman–Crippen MR) is 59.6 cm³/mol. The SMILES string of the molecule is CC.O=C(O)c1cc2c(nc1Cl)CCC2. The number of aromatic carboxylic acids is 1. The molecule has 0 saturated heterocycles. The Morgan fingerprint density at radius 1 is 1.47 bits per heavy atom. The molecule has 2 rings (SSSR count). The normalized spacial score (nSPS) is 12.7. The van der Waals surface area contributed by atoms with Crippen LogP contribution in [-0.4, -0.2) is 16.1 Å². The molecule has 0 radical (unpaired) electrons. The van der Waals surface area contributed by atoms with E-state index in [1.165, 1.54) is 0 Å². The lowest BCUT2D eigenvalue weighted by Gasteiger charge is -2.02. The van der Waals surface area contributed by atoms with Gasteiger partial charge in [-0.25, -0.2) is 9.78 Å². The number of carbonyl (C=O) groups is 1. The van der Waals surface area contributed by atoms with E-state index >= 15 is 0 Å². The van der Waals surface area contributed by atoms with Crippen LogP contribution in [0.3, 0.4) is 0 Å². The zero-order chi connectivity index (χ0) is 11.4. The van der Waals surface area contributed by atoms with Gasteiger partial charge in [0, 0.05) is 5.69 Å². The third-order valence-electron chi connectivity index (χ3n) is 2.23. The van der Waals surface area contributed by atoms with Crippen LogP contribution in [0.15, 0.2) is 6.07 Å². The van der Waals surface area contributed by atoms with Gasteiger partial charge in [0.25, 0.3) is 0 Å². The standard InChI is InChI=1S/C9H8ClNO2.C2H6/c10-8-6(9(12)13)4-5-2-1-3-7(5)11-8;1-2/h4H,1-3H2,(H,12,13);1-2H3. The highest BCUT2D eigenvalue weighted by atomic mass is 35.5. The monoisotopic (exact) mass is 227 g/mol. The average Bonchev–Trinajstić information content (AvgIpc) is 2.66. The van der Waals surface area contributed by atoms with Crippen molar-refractivity contribution in [1.82, 2.24) is 4.98 Å². The highest BCUT2D eigenvalue weighted by Gasteiger charge is 2.18. The number of rotatable bonds is 1. The van der Waals surface area contributed by atoms with Gasteiger partial charge in [0.2, 0.25) is 0 Å². The Morgan fingerprint density at radius 2 is 2.13 bits per heavy atom. The molecule has 0 bridgehead atoms. The molecule has 15 heavy (non-hydrogen) atoms. The van der Waals surface area contributed by atoms with Crippen LogP contribution in [0.1, 0.15) is 41.9 Å². The van der Waals surface area contributed by atoms with Crippen molar-refractivity contribution >= 4 is 17.6 Å². The molecule has 0 fully saturated rings. The van der Waals surface area contributed by atoms with Crippen LogP contribution in [-0.2, 0) is 12.8 Å². The summed E-state index contributed by atoms with van der Waals surface area (Å²) in [7, 11) is 0. The first-order chi connectivity index (χ1) is 7.18. The number of aromatic nitrogens is 1. The van der Waals surface area contributed by atoms with Crippen LogP contribution in [0.25, 0.3) is 0 Å². The van der Waals surface area contributed by atoms with Crippen LogP contribution in [0.2, 0.25) is 5.15 Å². The van der Waals surface area contributed by atoms with Crippen LogP contribution < -0.4 is 0 Å². The lowest BCUT2D eigenvalue weighted by Crippen LogP contribution is -2.02. The number of aryl methyl sites for hydroxylation is 2. The molecule has 82 valence electrons. The molecule has 0 aliphatic heterocycles. The number of halogens is 1. The topological polar surface area (TPSA) is 50.2 Å². The van der Waals surface area contributed by atoms with Crippen molar-refractivity contribution in [3.05, 3.63) is 28.0 Å². The van der Waals surface area contributed by atoms with Crippen LogP contribution in [0, 0.1) is 0 Å². The van der Waals surface area contributed by atoms with Gasteiger partial charge in [-0.2, -0.15) is 0 Å². The molecule has 1 N–H and O–H groups in total. The molecule has 0 unspecified atom stereocenters. The first-order valence-corrected chi connectivity index (χ1v) is 5.48. The number of hydrogen-bond donors (Lipinski definition) is 1. The van der Waals surface area contributed by atoms with Crippen LogP contribution >= 0.6 is 11.6 Å².